The van der Waals surface area contributed by atoms with Gasteiger partial charge < -0.3 is 15.2 Å². The second kappa shape index (κ2) is 9.18. The fraction of sp³-hybridized carbons (Fsp3) is 0.263. The zero-order chi connectivity index (χ0) is 19.9. The molecule has 144 valence electrons. The second-order valence-electron chi connectivity index (χ2n) is 6.01. The highest BCUT2D eigenvalue weighted by atomic mass is 32.2. The second-order valence-corrected chi connectivity index (χ2v) is 8.03. The van der Waals surface area contributed by atoms with Gasteiger partial charge in [-0.15, -0.1) is 0 Å². The number of nitrogens with one attached hydrogen (secondary N) is 1. The average molecular weight is 391 g/mol. The third-order valence-corrected chi connectivity index (χ3v) is 4.76. The van der Waals surface area contributed by atoms with Crippen LogP contribution in [0.15, 0.2) is 53.4 Å². The SMILES string of the molecule is CS(=O)(=O)c1ccc(OCCCC(=O)Nc2cccc(CC(=O)O)c2)cc1. The first kappa shape index (κ1) is 20.4. The minimum atomic E-state index is -3.24. The van der Waals surface area contributed by atoms with Gasteiger partial charge in [0.05, 0.1) is 17.9 Å². The number of carbonyl (C=O) groups is 2. The topological polar surface area (TPSA) is 110 Å². The summed E-state index contributed by atoms with van der Waals surface area (Å²) in [5.41, 5.74) is 1.16. The molecule has 0 aliphatic heterocycles. The van der Waals surface area contributed by atoms with Crippen molar-refractivity contribution in [3.63, 3.8) is 0 Å². The normalized spacial score (nSPS) is 11.0. The molecule has 7 nitrogen and oxygen atoms in total. The number of ether oxygens (including phenoxy) is 1. The van der Waals surface area contributed by atoms with Crippen LogP contribution in [-0.2, 0) is 25.8 Å². The summed E-state index contributed by atoms with van der Waals surface area (Å²) in [7, 11) is -3.24. The molecule has 0 aliphatic carbocycles. The Labute approximate surface area is 157 Å². The number of hydrogen-bond acceptors (Lipinski definition) is 5. The lowest BCUT2D eigenvalue weighted by Gasteiger charge is -2.08. The maximum Gasteiger partial charge on any atom is 0.307 e. The molecule has 0 aromatic heterocycles. The average Bonchev–Trinajstić information content (AvgIpc) is 2.58. The Morgan fingerprint density at radius 2 is 1.81 bits per heavy atom. The Morgan fingerprint density at radius 1 is 1.11 bits per heavy atom. The maximum atomic E-state index is 12.0. The number of anilines is 1. The Bertz CT molecular complexity index is 906. The lowest BCUT2D eigenvalue weighted by molar-refractivity contribution is -0.136. The number of hydrogen-bond donors (Lipinski definition) is 2. The summed E-state index contributed by atoms with van der Waals surface area (Å²) in [5, 5.41) is 11.5. The lowest BCUT2D eigenvalue weighted by Crippen LogP contribution is -2.13. The predicted octanol–water partition coefficient (Wildman–Crippen LogP) is 2.51. The van der Waals surface area contributed by atoms with Crippen molar-refractivity contribution in [2.75, 3.05) is 18.2 Å². The van der Waals surface area contributed by atoms with Crippen LogP contribution < -0.4 is 10.1 Å². The van der Waals surface area contributed by atoms with Crippen LogP contribution >= 0.6 is 0 Å². The van der Waals surface area contributed by atoms with Crippen molar-refractivity contribution in [1.29, 1.82) is 0 Å². The van der Waals surface area contributed by atoms with E-state index < -0.39 is 15.8 Å². The van der Waals surface area contributed by atoms with Crippen molar-refractivity contribution in [1.82, 2.24) is 0 Å². The van der Waals surface area contributed by atoms with Gasteiger partial charge in [0.1, 0.15) is 5.75 Å². The Balaban J connectivity index is 1.75. The molecule has 0 heterocycles. The van der Waals surface area contributed by atoms with Crippen molar-refractivity contribution in [3.05, 3.63) is 54.1 Å². The van der Waals surface area contributed by atoms with Gasteiger partial charge in [-0.05, 0) is 48.4 Å². The fourth-order valence-corrected chi connectivity index (χ4v) is 2.99. The van der Waals surface area contributed by atoms with Gasteiger partial charge in [0.2, 0.25) is 5.91 Å². The van der Waals surface area contributed by atoms with Crippen molar-refractivity contribution in [3.8, 4) is 5.75 Å². The molecule has 2 rings (SSSR count). The van der Waals surface area contributed by atoms with Crippen LogP contribution in [0.25, 0.3) is 0 Å². The first-order valence-corrected chi connectivity index (χ1v) is 10.2. The Kier molecular flexibility index (Phi) is 6.95. The van der Waals surface area contributed by atoms with E-state index in [0.29, 0.717) is 30.0 Å². The molecule has 0 atom stereocenters. The number of sulfone groups is 1. The molecule has 0 fully saturated rings. The number of carboxylic acid groups (broad SMARTS) is 1. The number of aliphatic carboxylic acids is 1. The van der Waals surface area contributed by atoms with E-state index in [0.717, 1.165) is 6.26 Å². The van der Waals surface area contributed by atoms with Crippen LogP contribution in [0, 0.1) is 0 Å². The number of rotatable bonds is 9. The molecule has 2 aromatic rings. The molecule has 0 saturated carbocycles. The van der Waals surface area contributed by atoms with Crippen LogP contribution in [-0.4, -0.2) is 38.3 Å². The molecule has 8 heteroatoms. The van der Waals surface area contributed by atoms with E-state index in [-0.39, 0.29) is 23.6 Å². The summed E-state index contributed by atoms with van der Waals surface area (Å²) < 4.78 is 28.3. The van der Waals surface area contributed by atoms with Crippen molar-refractivity contribution >= 4 is 27.4 Å². The van der Waals surface area contributed by atoms with Gasteiger partial charge in [-0.1, -0.05) is 12.1 Å². The van der Waals surface area contributed by atoms with E-state index in [1.165, 1.54) is 12.1 Å². The van der Waals surface area contributed by atoms with Crippen LogP contribution in [0.2, 0.25) is 0 Å². The largest absolute Gasteiger partial charge is 0.494 e. The highest BCUT2D eigenvalue weighted by Gasteiger charge is 2.07. The monoisotopic (exact) mass is 391 g/mol. The molecular formula is C19H21NO6S. The van der Waals surface area contributed by atoms with E-state index in [2.05, 4.69) is 5.32 Å². The summed E-state index contributed by atoms with van der Waals surface area (Å²) in [6.07, 6.45) is 1.76. The van der Waals surface area contributed by atoms with Gasteiger partial charge in [-0.3, -0.25) is 9.59 Å². The highest BCUT2D eigenvalue weighted by molar-refractivity contribution is 7.90. The molecule has 2 N–H and O–H groups in total. The molecule has 0 unspecified atom stereocenters. The predicted molar refractivity (Wildman–Crippen MR) is 101 cm³/mol. The highest BCUT2D eigenvalue weighted by Crippen LogP contribution is 2.16. The van der Waals surface area contributed by atoms with Gasteiger partial charge in [-0.2, -0.15) is 0 Å². The third-order valence-electron chi connectivity index (χ3n) is 3.63. The maximum absolute atomic E-state index is 12.0. The zero-order valence-electron chi connectivity index (χ0n) is 14.8. The number of amides is 1. The number of benzene rings is 2. The smallest absolute Gasteiger partial charge is 0.307 e. The van der Waals surface area contributed by atoms with Gasteiger partial charge in [0.25, 0.3) is 0 Å². The van der Waals surface area contributed by atoms with E-state index >= 15 is 0 Å². The summed E-state index contributed by atoms with van der Waals surface area (Å²) in [4.78, 5) is 22.9. The minimum absolute atomic E-state index is 0.102. The molecule has 0 aliphatic rings. The molecule has 0 saturated heterocycles. The van der Waals surface area contributed by atoms with E-state index in [4.69, 9.17) is 9.84 Å². The summed E-state index contributed by atoms with van der Waals surface area (Å²) in [5.74, 6) is -0.595. The molecule has 1 amide bonds. The number of carbonyl (C=O) groups excluding carboxylic acids is 1. The van der Waals surface area contributed by atoms with Crippen LogP contribution in [0.4, 0.5) is 5.69 Å². The lowest BCUT2D eigenvalue weighted by atomic mass is 10.1. The first-order chi connectivity index (χ1) is 12.7. The van der Waals surface area contributed by atoms with Gasteiger partial charge in [0, 0.05) is 18.4 Å². The summed E-state index contributed by atoms with van der Waals surface area (Å²) in [6, 6.07) is 12.8. The number of carboxylic acids is 1. The quantitative estimate of drug-likeness (QED) is 0.636. The van der Waals surface area contributed by atoms with Crippen LogP contribution in [0.3, 0.4) is 0 Å². The fourth-order valence-electron chi connectivity index (χ4n) is 2.36. The Hall–Kier alpha value is -2.87. The third kappa shape index (κ3) is 7.10. The van der Waals surface area contributed by atoms with Gasteiger partial charge in [0.15, 0.2) is 9.84 Å². The van der Waals surface area contributed by atoms with E-state index in [1.807, 2.05) is 0 Å². The molecular weight excluding hydrogens is 370 g/mol. The van der Waals surface area contributed by atoms with Crippen molar-refractivity contribution in [2.24, 2.45) is 0 Å². The van der Waals surface area contributed by atoms with Crippen molar-refractivity contribution < 1.29 is 27.9 Å². The molecule has 0 spiro atoms. The summed E-state index contributed by atoms with van der Waals surface area (Å²) in [6.45, 7) is 0.310. The minimum Gasteiger partial charge on any atom is -0.494 e. The first-order valence-electron chi connectivity index (χ1n) is 8.27. The van der Waals surface area contributed by atoms with Gasteiger partial charge in [-0.25, -0.2) is 8.42 Å². The standard InChI is InChI=1S/C19H21NO6S/c1-27(24,25)17-9-7-16(8-10-17)26-11-3-6-18(21)20-15-5-2-4-14(12-15)13-19(22)23/h2,4-5,7-10,12H,3,6,11,13H2,1H3,(H,20,21)(H,22,23). The summed E-state index contributed by atoms with van der Waals surface area (Å²) >= 11 is 0. The Morgan fingerprint density at radius 3 is 2.44 bits per heavy atom. The molecule has 27 heavy (non-hydrogen) atoms. The van der Waals surface area contributed by atoms with Crippen LogP contribution in [0.5, 0.6) is 5.75 Å². The molecule has 2 aromatic carbocycles. The zero-order valence-corrected chi connectivity index (χ0v) is 15.7. The molecule has 0 radical (unpaired) electrons. The van der Waals surface area contributed by atoms with Crippen molar-refractivity contribution in [2.45, 2.75) is 24.2 Å². The van der Waals surface area contributed by atoms with E-state index in [1.54, 1.807) is 36.4 Å². The van der Waals surface area contributed by atoms with E-state index in [9.17, 15) is 18.0 Å². The molecule has 0 bridgehead atoms. The van der Waals surface area contributed by atoms with Gasteiger partial charge >= 0.3 is 5.97 Å². The van der Waals surface area contributed by atoms with Crippen LogP contribution in [0.1, 0.15) is 18.4 Å².